The molecule has 0 aromatic heterocycles. The topological polar surface area (TPSA) is 64.2 Å². The molecule has 156 valence electrons. The number of fused-ring (bicyclic) bond motifs is 1. The molecule has 0 aliphatic carbocycles. The van der Waals surface area contributed by atoms with Gasteiger partial charge in [-0.3, -0.25) is 14.4 Å². The molecular weight excluding hydrogens is 368 g/mol. The van der Waals surface area contributed by atoms with Gasteiger partial charge in [0.15, 0.2) is 0 Å². The predicted molar refractivity (Wildman–Crippen MR) is 112 cm³/mol. The number of amides is 3. The zero-order valence-corrected chi connectivity index (χ0v) is 17.4. The Hall–Kier alpha value is -2.41. The van der Waals surface area contributed by atoms with Gasteiger partial charge in [-0.15, -0.1) is 0 Å². The van der Waals surface area contributed by atoms with Crippen LogP contribution in [0.3, 0.4) is 0 Å². The van der Waals surface area contributed by atoms with Gasteiger partial charge in [-0.25, -0.2) is 0 Å². The molecule has 0 N–H and O–H groups in total. The van der Waals surface area contributed by atoms with Crippen LogP contribution in [0.2, 0.25) is 0 Å². The van der Waals surface area contributed by atoms with E-state index < -0.39 is 0 Å². The highest BCUT2D eigenvalue weighted by atomic mass is 16.2. The second-order valence-corrected chi connectivity index (χ2v) is 8.35. The predicted octanol–water partition coefficient (Wildman–Crippen LogP) is 1.50. The molecule has 3 heterocycles. The van der Waals surface area contributed by atoms with Crippen molar-refractivity contribution < 1.29 is 14.4 Å². The molecular formula is C22H30N4O3. The van der Waals surface area contributed by atoms with E-state index in [9.17, 15) is 14.4 Å². The number of rotatable bonds is 3. The van der Waals surface area contributed by atoms with Crippen molar-refractivity contribution in [1.82, 2.24) is 9.80 Å². The molecule has 2 fully saturated rings. The van der Waals surface area contributed by atoms with Crippen LogP contribution in [0.1, 0.15) is 31.7 Å². The van der Waals surface area contributed by atoms with Crippen LogP contribution < -0.4 is 9.80 Å². The third-order valence-electron chi connectivity index (χ3n) is 6.38. The van der Waals surface area contributed by atoms with Crippen LogP contribution in [-0.2, 0) is 20.8 Å². The van der Waals surface area contributed by atoms with Crippen LogP contribution in [0.25, 0.3) is 0 Å². The van der Waals surface area contributed by atoms with Gasteiger partial charge >= 0.3 is 0 Å². The molecule has 3 amide bonds. The molecule has 29 heavy (non-hydrogen) atoms. The number of anilines is 2. The highest BCUT2D eigenvalue weighted by Crippen LogP contribution is 2.34. The van der Waals surface area contributed by atoms with Gasteiger partial charge in [0.05, 0.1) is 5.92 Å². The number of carbonyl (C=O) groups excluding carboxylic acids is 3. The van der Waals surface area contributed by atoms with E-state index in [-0.39, 0.29) is 30.1 Å². The van der Waals surface area contributed by atoms with Gasteiger partial charge in [0.2, 0.25) is 17.7 Å². The summed E-state index contributed by atoms with van der Waals surface area (Å²) in [4.78, 5) is 45.6. The van der Waals surface area contributed by atoms with E-state index in [1.807, 2.05) is 34.9 Å². The van der Waals surface area contributed by atoms with Crippen LogP contribution in [0.5, 0.6) is 0 Å². The highest BCUT2D eigenvalue weighted by molar-refractivity contribution is 6.01. The van der Waals surface area contributed by atoms with Gasteiger partial charge in [-0.05, 0) is 50.2 Å². The molecule has 1 aromatic carbocycles. The van der Waals surface area contributed by atoms with E-state index in [0.29, 0.717) is 19.5 Å². The molecule has 7 heteroatoms. The molecule has 4 rings (SSSR count). The molecule has 0 spiro atoms. The fourth-order valence-corrected chi connectivity index (χ4v) is 4.65. The van der Waals surface area contributed by atoms with Crippen molar-refractivity contribution in [1.29, 1.82) is 0 Å². The average Bonchev–Trinajstić information content (AvgIpc) is 3.25. The lowest BCUT2D eigenvalue weighted by Gasteiger charge is -2.24. The zero-order chi connectivity index (χ0) is 20.5. The molecule has 0 saturated carbocycles. The Balaban J connectivity index is 1.46. The van der Waals surface area contributed by atoms with E-state index in [4.69, 9.17) is 0 Å². The molecule has 3 aliphatic heterocycles. The first-order valence-corrected chi connectivity index (χ1v) is 10.7. The SMILES string of the molecule is CCC(=O)N1CCc2cc(N3CC(C(=O)N4CCCN(C)CC4)CC3=O)ccc21. The maximum absolute atomic E-state index is 13.0. The van der Waals surface area contributed by atoms with E-state index in [2.05, 4.69) is 11.9 Å². The minimum absolute atomic E-state index is 0.00901. The van der Waals surface area contributed by atoms with E-state index >= 15 is 0 Å². The van der Waals surface area contributed by atoms with Crippen LogP contribution >= 0.6 is 0 Å². The van der Waals surface area contributed by atoms with Crippen molar-refractivity contribution in [2.24, 2.45) is 5.92 Å². The van der Waals surface area contributed by atoms with Crippen molar-refractivity contribution in [3.63, 3.8) is 0 Å². The summed E-state index contributed by atoms with van der Waals surface area (Å²) in [6, 6.07) is 5.87. The monoisotopic (exact) mass is 398 g/mol. The first-order chi connectivity index (χ1) is 14.0. The van der Waals surface area contributed by atoms with Crippen LogP contribution in [0.15, 0.2) is 18.2 Å². The van der Waals surface area contributed by atoms with Crippen LogP contribution in [0.4, 0.5) is 11.4 Å². The number of benzene rings is 1. The molecule has 0 radical (unpaired) electrons. The van der Waals surface area contributed by atoms with Gasteiger partial charge in [0.25, 0.3) is 0 Å². The molecule has 0 bridgehead atoms. The standard InChI is InChI=1S/C22H30N4O3/c1-3-20(27)25-10-7-16-13-18(5-6-19(16)25)26-15-17(14-21(26)28)22(29)24-9-4-8-23(2)11-12-24/h5-6,13,17H,3-4,7-12,14-15H2,1-2H3. The summed E-state index contributed by atoms with van der Waals surface area (Å²) < 4.78 is 0. The molecule has 1 atom stereocenters. The van der Waals surface area contributed by atoms with Gasteiger partial charge in [-0.1, -0.05) is 6.92 Å². The fourth-order valence-electron chi connectivity index (χ4n) is 4.65. The summed E-state index contributed by atoms with van der Waals surface area (Å²) in [5.74, 6) is -0.0217. The molecule has 3 aliphatic rings. The Bertz CT molecular complexity index is 824. The summed E-state index contributed by atoms with van der Waals surface area (Å²) in [5.41, 5.74) is 2.89. The second-order valence-electron chi connectivity index (χ2n) is 8.35. The summed E-state index contributed by atoms with van der Waals surface area (Å²) in [6.45, 7) is 6.41. The van der Waals surface area contributed by atoms with Crippen molar-refractivity contribution in [2.75, 3.05) is 56.1 Å². The fraction of sp³-hybridized carbons (Fsp3) is 0.591. The minimum atomic E-state index is -0.266. The first-order valence-electron chi connectivity index (χ1n) is 10.7. The van der Waals surface area contributed by atoms with Gasteiger partial charge in [0, 0.05) is 56.9 Å². The van der Waals surface area contributed by atoms with Crippen molar-refractivity contribution in [3.05, 3.63) is 23.8 Å². The van der Waals surface area contributed by atoms with Gasteiger partial charge in [-0.2, -0.15) is 0 Å². The lowest BCUT2D eigenvalue weighted by molar-refractivity contribution is -0.135. The van der Waals surface area contributed by atoms with Crippen LogP contribution in [-0.4, -0.2) is 73.8 Å². The normalized spacial score (nSPS) is 22.8. The van der Waals surface area contributed by atoms with Crippen LogP contribution in [0, 0.1) is 5.92 Å². The third-order valence-corrected chi connectivity index (χ3v) is 6.38. The number of likely N-dealkylation sites (N-methyl/N-ethyl adjacent to an activating group) is 1. The molecule has 1 aromatic rings. The smallest absolute Gasteiger partial charge is 0.228 e. The number of nitrogens with zero attached hydrogens (tertiary/aromatic N) is 4. The molecule has 1 unspecified atom stereocenters. The van der Waals surface area contributed by atoms with Crippen molar-refractivity contribution in [2.45, 2.75) is 32.6 Å². The summed E-state index contributed by atoms with van der Waals surface area (Å²) in [5, 5.41) is 0. The van der Waals surface area contributed by atoms with E-state index in [1.165, 1.54) is 0 Å². The zero-order valence-electron chi connectivity index (χ0n) is 17.4. The Labute approximate surface area is 172 Å². The molecule has 2 saturated heterocycles. The average molecular weight is 399 g/mol. The summed E-state index contributed by atoms with van der Waals surface area (Å²) >= 11 is 0. The number of hydrogen-bond donors (Lipinski definition) is 0. The Kier molecular flexibility index (Phi) is 5.58. The van der Waals surface area contributed by atoms with Crippen molar-refractivity contribution >= 4 is 29.1 Å². The second kappa shape index (κ2) is 8.14. The maximum Gasteiger partial charge on any atom is 0.228 e. The lowest BCUT2D eigenvalue weighted by Crippen LogP contribution is -2.39. The van der Waals surface area contributed by atoms with E-state index in [1.54, 1.807) is 4.90 Å². The summed E-state index contributed by atoms with van der Waals surface area (Å²) in [6.07, 6.45) is 2.55. The Morgan fingerprint density at radius 1 is 1.10 bits per heavy atom. The van der Waals surface area contributed by atoms with Gasteiger partial charge < -0.3 is 19.6 Å². The third kappa shape index (κ3) is 3.88. The van der Waals surface area contributed by atoms with E-state index in [0.717, 1.165) is 56.0 Å². The summed E-state index contributed by atoms with van der Waals surface area (Å²) in [7, 11) is 2.08. The van der Waals surface area contributed by atoms with Crippen molar-refractivity contribution in [3.8, 4) is 0 Å². The largest absolute Gasteiger partial charge is 0.341 e. The number of carbonyl (C=O) groups is 3. The Morgan fingerprint density at radius 3 is 2.72 bits per heavy atom. The lowest BCUT2D eigenvalue weighted by atomic mass is 10.1. The molecule has 7 nitrogen and oxygen atoms in total. The van der Waals surface area contributed by atoms with Gasteiger partial charge in [0.1, 0.15) is 0 Å². The highest BCUT2D eigenvalue weighted by Gasteiger charge is 2.38. The quantitative estimate of drug-likeness (QED) is 0.774. The Morgan fingerprint density at radius 2 is 1.93 bits per heavy atom. The minimum Gasteiger partial charge on any atom is -0.341 e. The first kappa shape index (κ1) is 19.9. The maximum atomic E-state index is 13.0. The number of hydrogen-bond acceptors (Lipinski definition) is 4.